The summed E-state index contributed by atoms with van der Waals surface area (Å²) in [4.78, 5) is 10.5. The molecule has 0 aliphatic heterocycles. The van der Waals surface area contributed by atoms with Gasteiger partial charge in [-0.3, -0.25) is 5.43 Å². The van der Waals surface area contributed by atoms with E-state index in [0.29, 0.717) is 12.1 Å². The maximum atomic E-state index is 12.5. The van der Waals surface area contributed by atoms with Crippen LogP contribution in [-0.4, -0.2) is 16.8 Å². The van der Waals surface area contributed by atoms with Crippen LogP contribution in [0.1, 0.15) is 5.56 Å². The van der Waals surface area contributed by atoms with E-state index in [0.717, 1.165) is 0 Å². The third kappa shape index (κ3) is 3.76. The van der Waals surface area contributed by atoms with Crippen molar-refractivity contribution < 1.29 is 23.1 Å². The van der Waals surface area contributed by atoms with Crippen LogP contribution >= 0.6 is 23.2 Å². The monoisotopic (exact) mass is 325 g/mol. The lowest BCUT2D eigenvalue weighted by Crippen LogP contribution is -2.12. The van der Waals surface area contributed by atoms with Gasteiger partial charge in [-0.2, -0.15) is 23.5 Å². The van der Waals surface area contributed by atoms with E-state index in [9.17, 15) is 18.0 Å². The van der Waals surface area contributed by atoms with Crippen molar-refractivity contribution in [1.29, 1.82) is 5.26 Å². The third-order valence-electron chi connectivity index (χ3n) is 1.96. The largest absolute Gasteiger partial charge is 0.476 e. The number of nitrogens with zero attached hydrogens (tertiary/aromatic N) is 2. The van der Waals surface area contributed by atoms with E-state index in [2.05, 4.69) is 5.10 Å². The lowest BCUT2D eigenvalue weighted by atomic mass is 10.2. The molecule has 0 bridgehead atoms. The normalized spacial score (nSPS) is 11.9. The lowest BCUT2D eigenvalue weighted by Gasteiger charge is -2.11. The van der Waals surface area contributed by atoms with Gasteiger partial charge in [-0.15, -0.1) is 0 Å². The van der Waals surface area contributed by atoms with Gasteiger partial charge in [0.25, 0.3) is 0 Å². The number of alkyl halides is 3. The Labute approximate surface area is 120 Å². The second kappa shape index (κ2) is 5.98. The minimum Gasteiger partial charge on any atom is -0.476 e. The number of aliphatic carboxylic acids is 1. The van der Waals surface area contributed by atoms with Crippen molar-refractivity contribution in [3.05, 3.63) is 27.7 Å². The Kier molecular flexibility index (Phi) is 4.81. The molecule has 0 heterocycles. The van der Waals surface area contributed by atoms with Crippen molar-refractivity contribution in [2.75, 3.05) is 5.43 Å². The number of carbonyl (C=O) groups is 1. The van der Waals surface area contributed by atoms with Crippen LogP contribution in [0.5, 0.6) is 0 Å². The molecule has 0 saturated heterocycles. The van der Waals surface area contributed by atoms with E-state index in [1.54, 1.807) is 0 Å². The van der Waals surface area contributed by atoms with Crippen LogP contribution in [-0.2, 0) is 11.0 Å². The van der Waals surface area contributed by atoms with Crippen molar-refractivity contribution in [3.8, 4) is 6.07 Å². The van der Waals surface area contributed by atoms with Gasteiger partial charge in [-0.25, -0.2) is 4.79 Å². The Balaban J connectivity index is 3.17. The number of hydrazone groups is 1. The Bertz CT molecular complexity index is 600. The molecule has 0 atom stereocenters. The number of hydrogen-bond donors (Lipinski definition) is 2. The van der Waals surface area contributed by atoms with E-state index < -0.39 is 33.5 Å². The number of nitrogens with one attached hydrogen (secondary N) is 1. The second-order valence-electron chi connectivity index (χ2n) is 3.30. The molecule has 1 aromatic carbocycles. The first-order chi connectivity index (χ1) is 9.16. The summed E-state index contributed by atoms with van der Waals surface area (Å²) >= 11 is 11.2. The smallest absolute Gasteiger partial charge is 0.416 e. The van der Waals surface area contributed by atoms with Crippen LogP contribution in [0.4, 0.5) is 18.9 Å². The predicted molar refractivity (Wildman–Crippen MR) is 65.8 cm³/mol. The van der Waals surface area contributed by atoms with Crippen molar-refractivity contribution >= 4 is 40.6 Å². The fourth-order valence-corrected chi connectivity index (χ4v) is 1.65. The molecule has 1 aromatic rings. The number of carboxylic acids is 1. The summed E-state index contributed by atoms with van der Waals surface area (Å²) in [6.07, 6.45) is -4.63. The molecule has 2 N–H and O–H groups in total. The van der Waals surface area contributed by atoms with Crippen LogP contribution in [0.2, 0.25) is 10.0 Å². The molecule has 0 aliphatic rings. The molecule has 0 aliphatic carbocycles. The summed E-state index contributed by atoms with van der Waals surface area (Å²) < 4.78 is 37.4. The standard InChI is InChI=1S/C10H4Cl2F3N3O2/c11-5-1-4(10(13,14)15)2-6(12)8(5)18-17-7(3-16)9(19)20/h1-2,18H,(H,19,20)/b17-7+. The molecular formula is C10H4Cl2F3N3O2. The maximum absolute atomic E-state index is 12.5. The second-order valence-corrected chi connectivity index (χ2v) is 4.12. The van der Waals surface area contributed by atoms with Crippen molar-refractivity contribution in [2.45, 2.75) is 6.18 Å². The lowest BCUT2D eigenvalue weighted by molar-refractivity contribution is -0.137. The van der Waals surface area contributed by atoms with Crippen LogP contribution in [0.15, 0.2) is 17.2 Å². The van der Waals surface area contributed by atoms with Gasteiger partial charge in [-0.1, -0.05) is 23.2 Å². The van der Waals surface area contributed by atoms with Gasteiger partial charge in [0.15, 0.2) is 0 Å². The number of rotatable bonds is 3. The number of hydrogen-bond acceptors (Lipinski definition) is 4. The van der Waals surface area contributed by atoms with E-state index in [4.69, 9.17) is 33.6 Å². The van der Waals surface area contributed by atoms with Gasteiger partial charge >= 0.3 is 12.1 Å². The summed E-state index contributed by atoms with van der Waals surface area (Å²) in [5.74, 6) is -1.61. The highest BCUT2D eigenvalue weighted by Gasteiger charge is 2.32. The van der Waals surface area contributed by atoms with Crippen LogP contribution < -0.4 is 5.43 Å². The number of carboxylic acid groups (broad SMARTS) is 1. The zero-order valence-electron chi connectivity index (χ0n) is 9.29. The first-order valence-electron chi connectivity index (χ1n) is 4.70. The van der Waals surface area contributed by atoms with Crippen LogP contribution in [0, 0.1) is 11.3 Å². The summed E-state index contributed by atoms with van der Waals surface area (Å²) in [5.41, 5.74) is -0.169. The molecule has 0 radical (unpaired) electrons. The summed E-state index contributed by atoms with van der Waals surface area (Å²) in [5, 5.41) is 19.3. The highest BCUT2D eigenvalue weighted by Crippen LogP contribution is 2.38. The average Bonchev–Trinajstić information content (AvgIpc) is 2.30. The van der Waals surface area contributed by atoms with Gasteiger partial charge in [-0.05, 0) is 12.1 Å². The average molecular weight is 326 g/mol. The molecule has 106 valence electrons. The molecule has 0 saturated carbocycles. The molecule has 20 heavy (non-hydrogen) atoms. The molecule has 0 fully saturated rings. The Morgan fingerprint density at radius 2 is 1.85 bits per heavy atom. The van der Waals surface area contributed by atoms with Gasteiger partial charge in [0.1, 0.15) is 6.07 Å². The van der Waals surface area contributed by atoms with Gasteiger partial charge in [0, 0.05) is 0 Å². The molecule has 0 amide bonds. The fourth-order valence-electron chi connectivity index (χ4n) is 1.08. The zero-order chi connectivity index (χ0) is 15.5. The number of nitriles is 1. The van der Waals surface area contributed by atoms with Crippen molar-refractivity contribution in [3.63, 3.8) is 0 Å². The topological polar surface area (TPSA) is 85.5 Å². The first kappa shape index (κ1) is 16.1. The molecule has 0 aromatic heterocycles. The Morgan fingerprint density at radius 1 is 1.35 bits per heavy atom. The third-order valence-corrected chi connectivity index (χ3v) is 2.55. The van der Waals surface area contributed by atoms with E-state index in [1.807, 2.05) is 5.43 Å². The van der Waals surface area contributed by atoms with Crippen molar-refractivity contribution in [1.82, 2.24) is 0 Å². The number of halogens is 5. The SMILES string of the molecule is N#C/C(=N\Nc1c(Cl)cc(C(F)(F)F)cc1Cl)C(=O)O. The van der Waals surface area contributed by atoms with Crippen LogP contribution in [0.25, 0.3) is 0 Å². The van der Waals surface area contributed by atoms with Gasteiger partial charge in [0.05, 0.1) is 21.3 Å². The molecule has 5 nitrogen and oxygen atoms in total. The maximum Gasteiger partial charge on any atom is 0.416 e. The Morgan fingerprint density at radius 3 is 2.20 bits per heavy atom. The molecule has 1 rings (SSSR count). The fraction of sp³-hybridized carbons (Fsp3) is 0.100. The molecule has 10 heteroatoms. The van der Waals surface area contributed by atoms with E-state index >= 15 is 0 Å². The van der Waals surface area contributed by atoms with Crippen LogP contribution in [0.3, 0.4) is 0 Å². The summed E-state index contributed by atoms with van der Waals surface area (Å²) in [6, 6.07) is 2.46. The number of benzene rings is 1. The van der Waals surface area contributed by atoms with E-state index in [1.165, 1.54) is 6.07 Å². The number of anilines is 1. The quantitative estimate of drug-likeness (QED) is 0.658. The summed E-state index contributed by atoms with van der Waals surface area (Å²) in [6.45, 7) is 0. The molecule has 0 unspecified atom stereocenters. The minimum absolute atomic E-state index is 0.240. The van der Waals surface area contributed by atoms with Gasteiger partial charge < -0.3 is 5.11 Å². The highest BCUT2D eigenvalue weighted by atomic mass is 35.5. The zero-order valence-corrected chi connectivity index (χ0v) is 10.8. The first-order valence-corrected chi connectivity index (χ1v) is 5.45. The van der Waals surface area contributed by atoms with Gasteiger partial charge in [0.2, 0.25) is 5.71 Å². The highest BCUT2D eigenvalue weighted by molar-refractivity contribution is 6.42. The predicted octanol–water partition coefficient (Wildman–Crippen LogP) is 3.39. The molecular weight excluding hydrogens is 322 g/mol. The van der Waals surface area contributed by atoms with E-state index in [-0.39, 0.29) is 5.69 Å². The minimum atomic E-state index is -4.63. The molecule has 0 spiro atoms. The van der Waals surface area contributed by atoms with Crippen molar-refractivity contribution in [2.24, 2.45) is 5.10 Å². The summed E-state index contributed by atoms with van der Waals surface area (Å²) in [7, 11) is 0. The Hall–Kier alpha value is -1.98.